The molecule has 8 heteroatoms. The molecule has 1 aromatic heterocycles. The first-order chi connectivity index (χ1) is 20.1. The van der Waals surface area contributed by atoms with Crippen LogP contribution in [0.15, 0.2) is 73.1 Å². The number of benzene rings is 2. The van der Waals surface area contributed by atoms with Gasteiger partial charge in [-0.3, -0.25) is 9.59 Å². The maximum absolute atomic E-state index is 13.7. The smallest absolute Gasteiger partial charge is 0.229 e. The Kier molecular flexibility index (Phi) is 8.42. The van der Waals surface area contributed by atoms with Crippen molar-refractivity contribution in [1.82, 2.24) is 24.5 Å². The highest BCUT2D eigenvalue weighted by molar-refractivity contribution is 5.85. The summed E-state index contributed by atoms with van der Waals surface area (Å²) < 4.78 is 1.85. The summed E-state index contributed by atoms with van der Waals surface area (Å²) in [6, 6.07) is 21.1. The number of carbonyl (C=O) groups is 2. The van der Waals surface area contributed by atoms with Crippen LogP contribution in [-0.4, -0.2) is 75.6 Å². The van der Waals surface area contributed by atoms with Crippen LogP contribution < -0.4 is 0 Å². The molecule has 222 valence electrons. The summed E-state index contributed by atoms with van der Waals surface area (Å²) in [7, 11) is 0. The van der Waals surface area contributed by atoms with Crippen molar-refractivity contribution in [3.05, 3.63) is 84.2 Å². The van der Waals surface area contributed by atoms with Crippen LogP contribution in [0.2, 0.25) is 0 Å². The Balaban J connectivity index is 0.00000316. The third-order valence-electron chi connectivity index (χ3n) is 10.2. The van der Waals surface area contributed by atoms with Gasteiger partial charge in [-0.25, -0.2) is 4.68 Å². The van der Waals surface area contributed by atoms with Gasteiger partial charge in [0.25, 0.3) is 0 Å². The standard InChI is InChI=1S/C34H41N5O2.ClH/c40-32(21-26-7-8-26)38-24-29(31(25-38)28-5-2-1-3-6-28)23-36-18-13-34(14-19-36)15-20-37(33(34)41)22-27-9-11-30(12-10-27)39-17-4-16-35-39;/h1-6,9-12,16-17,26,29,31H,7-8,13-15,18-25H2;1H/t29-,31?;/m0./s1. The molecule has 4 aliphatic rings. The van der Waals surface area contributed by atoms with E-state index in [1.165, 1.54) is 18.4 Å². The van der Waals surface area contributed by atoms with Gasteiger partial charge in [-0.05, 0) is 86.4 Å². The number of hydrogen-bond donors (Lipinski definition) is 0. The Bertz CT molecular complexity index is 1350. The van der Waals surface area contributed by atoms with Crippen molar-refractivity contribution in [3.63, 3.8) is 0 Å². The minimum atomic E-state index is -0.202. The lowest BCUT2D eigenvalue weighted by Crippen LogP contribution is -2.46. The second-order valence-corrected chi connectivity index (χ2v) is 12.9. The Hall–Kier alpha value is -3.16. The van der Waals surface area contributed by atoms with Crippen molar-refractivity contribution in [2.24, 2.45) is 17.3 Å². The molecule has 3 saturated heterocycles. The van der Waals surface area contributed by atoms with Crippen molar-refractivity contribution in [2.75, 3.05) is 39.3 Å². The molecule has 1 spiro atoms. The first kappa shape index (κ1) is 28.9. The second kappa shape index (κ2) is 12.2. The summed E-state index contributed by atoms with van der Waals surface area (Å²) in [5.41, 5.74) is 3.35. The van der Waals surface area contributed by atoms with Crippen LogP contribution in [0, 0.1) is 17.3 Å². The van der Waals surface area contributed by atoms with Crippen LogP contribution in [0.25, 0.3) is 5.69 Å². The first-order valence-electron chi connectivity index (χ1n) is 15.5. The van der Waals surface area contributed by atoms with Crippen molar-refractivity contribution >= 4 is 24.2 Å². The quantitative estimate of drug-likeness (QED) is 0.366. The molecule has 7 rings (SSSR count). The van der Waals surface area contributed by atoms with E-state index < -0.39 is 0 Å². The van der Waals surface area contributed by atoms with Crippen LogP contribution in [0.3, 0.4) is 0 Å². The molecule has 2 aromatic carbocycles. The fourth-order valence-corrected chi connectivity index (χ4v) is 7.43. The molecule has 1 aliphatic carbocycles. The van der Waals surface area contributed by atoms with Gasteiger partial charge < -0.3 is 14.7 Å². The maximum atomic E-state index is 13.7. The zero-order valence-corrected chi connectivity index (χ0v) is 25.1. The zero-order valence-electron chi connectivity index (χ0n) is 24.3. The highest BCUT2D eigenvalue weighted by Gasteiger charge is 2.48. The molecule has 3 aliphatic heterocycles. The molecule has 42 heavy (non-hydrogen) atoms. The summed E-state index contributed by atoms with van der Waals surface area (Å²) in [6.07, 6.45) is 9.72. The molecule has 0 N–H and O–H groups in total. The van der Waals surface area contributed by atoms with E-state index in [1.807, 2.05) is 16.9 Å². The van der Waals surface area contributed by atoms with E-state index in [0.717, 1.165) is 76.2 Å². The van der Waals surface area contributed by atoms with Gasteiger partial charge in [0.2, 0.25) is 11.8 Å². The maximum Gasteiger partial charge on any atom is 0.229 e. The molecule has 7 nitrogen and oxygen atoms in total. The van der Waals surface area contributed by atoms with E-state index >= 15 is 0 Å². The minimum absolute atomic E-state index is 0. The molecule has 0 bridgehead atoms. The third kappa shape index (κ3) is 6.00. The van der Waals surface area contributed by atoms with E-state index in [0.29, 0.717) is 36.1 Å². The third-order valence-corrected chi connectivity index (χ3v) is 10.2. The monoisotopic (exact) mass is 587 g/mol. The van der Waals surface area contributed by atoms with Crippen molar-refractivity contribution in [2.45, 2.75) is 51.0 Å². The SMILES string of the molecule is Cl.O=C(CC1CC1)N1CC(c2ccccc2)[C@@H](CN2CCC3(CC2)CCN(Cc2ccc(-n4cccn4)cc2)C3=O)C1. The Labute approximate surface area is 255 Å². The summed E-state index contributed by atoms with van der Waals surface area (Å²) in [6.45, 7) is 6.15. The molecule has 1 unspecified atom stereocenters. The average molecular weight is 588 g/mol. The van der Waals surface area contributed by atoms with Crippen LogP contribution >= 0.6 is 12.4 Å². The largest absolute Gasteiger partial charge is 0.342 e. The predicted molar refractivity (Wildman–Crippen MR) is 166 cm³/mol. The molecule has 2 atom stereocenters. The number of likely N-dealkylation sites (tertiary alicyclic amines) is 3. The highest BCUT2D eigenvalue weighted by Crippen LogP contribution is 2.43. The lowest BCUT2D eigenvalue weighted by molar-refractivity contribution is -0.139. The Morgan fingerprint density at radius 2 is 1.64 bits per heavy atom. The van der Waals surface area contributed by atoms with Gasteiger partial charge in [0.15, 0.2) is 0 Å². The average Bonchev–Trinajstić information content (AvgIpc) is 3.36. The molecule has 0 radical (unpaired) electrons. The normalized spacial score (nSPS) is 23.9. The number of piperidine rings is 1. The minimum Gasteiger partial charge on any atom is -0.342 e. The summed E-state index contributed by atoms with van der Waals surface area (Å²) in [5, 5.41) is 4.30. The van der Waals surface area contributed by atoms with Gasteiger partial charge in [-0.15, -0.1) is 12.4 Å². The van der Waals surface area contributed by atoms with Crippen LogP contribution in [0.5, 0.6) is 0 Å². The molecular formula is C34H42ClN5O2. The van der Waals surface area contributed by atoms with E-state index in [4.69, 9.17) is 0 Å². The molecule has 4 heterocycles. The summed E-state index contributed by atoms with van der Waals surface area (Å²) in [5.74, 6) is 2.14. The van der Waals surface area contributed by atoms with E-state index in [9.17, 15) is 9.59 Å². The second-order valence-electron chi connectivity index (χ2n) is 12.9. The fourth-order valence-electron chi connectivity index (χ4n) is 7.43. The van der Waals surface area contributed by atoms with E-state index in [2.05, 4.69) is 74.4 Å². The van der Waals surface area contributed by atoms with Crippen molar-refractivity contribution < 1.29 is 9.59 Å². The molecule has 4 fully saturated rings. The summed E-state index contributed by atoms with van der Waals surface area (Å²) >= 11 is 0. The number of hydrogen-bond acceptors (Lipinski definition) is 4. The Morgan fingerprint density at radius 1 is 0.905 bits per heavy atom. The number of aromatic nitrogens is 2. The van der Waals surface area contributed by atoms with E-state index in [1.54, 1.807) is 6.20 Å². The van der Waals surface area contributed by atoms with Gasteiger partial charge in [0.1, 0.15) is 0 Å². The van der Waals surface area contributed by atoms with Gasteiger partial charge >= 0.3 is 0 Å². The molecule has 2 amide bonds. The molecule has 1 saturated carbocycles. The van der Waals surface area contributed by atoms with Gasteiger partial charge in [-0.1, -0.05) is 42.5 Å². The number of amides is 2. The van der Waals surface area contributed by atoms with Crippen LogP contribution in [0.1, 0.15) is 55.6 Å². The number of carbonyl (C=O) groups excluding carboxylic acids is 2. The number of nitrogens with zero attached hydrogens (tertiary/aromatic N) is 5. The predicted octanol–water partition coefficient (Wildman–Crippen LogP) is 5.15. The highest BCUT2D eigenvalue weighted by atomic mass is 35.5. The van der Waals surface area contributed by atoms with Gasteiger partial charge in [0.05, 0.1) is 11.1 Å². The topological polar surface area (TPSA) is 61.7 Å². The van der Waals surface area contributed by atoms with Crippen molar-refractivity contribution in [1.29, 1.82) is 0 Å². The number of halogens is 1. The van der Waals surface area contributed by atoms with Gasteiger partial charge in [0, 0.05) is 57.5 Å². The fraction of sp³-hybridized carbons (Fsp3) is 0.500. The first-order valence-corrected chi connectivity index (χ1v) is 15.5. The van der Waals surface area contributed by atoms with Crippen molar-refractivity contribution in [3.8, 4) is 5.69 Å². The van der Waals surface area contributed by atoms with Crippen LogP contribution in [-0.2, 0) is 16.1 Å². The lowest BCUT2D eigenvalue weighted by atomic mass is 9.76. The molecule has 3 aromatic rings. The lowest BCUT2D eigenvalue weighted by Gasteiger charge is -2.39. The van der Waals surface area contributed by atoms with Crippen LogP contribution in [0.4, 0.5) is 0 Å². The molecular weight excluding hydrogens is 546 g/mol. The summed E-state index contributed by atoms with van der Waals surface area (Å²) in [4.78, 5) is 33.5. The van der Waals surface area contributed by atoms with Gasteiger partial charge in [-0.2, -0.15) is 5.10 Å². The van der Waals surface area contributed by atoms with E-state index in [-0.39, 0.29) is 17.8 Å². The number of rotatable bonds is 8. The zero-order chi connectivity index (χ0) is 27.8. The Morgan fingerprint density at radius 3 is 2.33 bits per heavy atom.